The molecule has 1 aromatic carbocycles. The van der Waals surface area contributed by atoms with Crippen LogP contribution >= 0.6 is 35.6 Å². The number of halogens is 2. The van der Waals surface area contributed by atoms with Crippen LogP contribution in [0.1, 0.15) is 18.4 Å². The fourth-order valence-electron chi connectivity index (χ4n) is 3.07. The van der Waals surface area contributed by atoms with Crippen LogP contribution < -0.4 is 10.6 Å². The van der Waals surface area contributed by atoms with Gasteiger partial charge in [0.05, 0.1) is 12.7 Å². The zero-order valence-corrected chi connectivity index (χ0v) is 18.7. The Balaban J connectivity index is 0.00000261. The Bertz CT molecular complexity index is 732. The summed E-state index contributed by atoms with van der Waals surface area (Å²) < 4.78 is 11.1. The maximum atomic E-state index is 6.10. The lowest BCUT2D eigenvalue weighted by Gasteiger charge is -2.13. The molecule has 0 bridgehead atoms. The third kappa shape index (κ3) is 6.81. The van der Waals surface area contributed by atoms with Crippen molar-refractivity contribution in [3.63, 3.8) is 0 Å². The summed E-state index contributed by atoms with van der Waals surface area (Å²) in [5.74, 6) is 0.812. The van der Waals surface area contributed by atoms with Crippen LogP contribution in [0.2, 0.25) is 5.02 Å². The standard InChI is InChI=1S/C19H27ClN4O2.HI/c1-21-19(22-7-2-9-26-16-6-10-25-13-16)23-8-5-14-12-24-18-4-3-15(20)11-17(14)18;/h3-4,11-12,16,24H,2,5-10,13H2,1H3,(H2,21,22,23);1H. The molecule has 0 radical (unpaired) electrons. The molecule has 2 aromatic rings. The van der Waals surface area contributed by atoms with E-state index in [2.05, 4.69) is 20.6 Å². The van der Waals surface area contributed by atoms with Crippen molar-refractivity contribution in [2.75, 3.05) is 40.0 Å². The number of aromatic amines is 1. The van der Waals surface area contributed by atoms with Crippen LogP contribution in [-0.2, 0) is 15.9 Å². The number of aromatic nitrogens is 1. The van der Waals surface area contributed by atoms with E-state index in [1.807, 2.05) is 24.4 Å². The molecule has 150 valence electrons. The lowest BCUT2D eigenvalue weighted by Crippen LogP contribution is -2.39. The molecule has 0 spiro atoms. The molecule has 2 heterocycles. The first-order valence-corrected chi connectivity index (χ1v) is 9.53. The number of nitrogens with zero attached hydrogens (tertiary/aromatic N) is 1. The van der Waals surface area contributed by atoms with Crippen LogP contribution in [0, 0.1) is 0 Å². The molecule has 1 saturated heterocycles. The van der Waals surface area contributed by atoms with Crippen molar-refractivity contribution in [3.8, 4) is 0 Å². The predicted molar refractivity (Wildman–Crippen MR) is 122 cm³/mol. The maximum absolute atomic E-state index is 6.10. The third-order valence-electron chi connectivity index (χ3n) is 4.49. The molecule has 1 fully saturated rings. The highest BCUT2D eigenvalue weighted by atomic mass is 127. The van der Waals surface area contributed by atoms with Crippen molar-refractivity contribution < 1.29 is 9.47 Å². The number of rotatable bonds is 8. The summed E-state index contributed by atoms with van der Waals surface area (Å²) in [6.07, 6.45) is 5.17. The number of aliphatic imine (C=N–C) groups is 1. The van der Waals surface area contributed by atoms with E-state index in [0.29, 0.717) is 0 Å². The molecule has 27 heavy (non-hydrogen) atoms. The van der Waals surface area contributed by atoms with Gasteiger partial charge >= 0.3 is 0 Å². The summed E-state index contributed by atoms with van der Waals surface area (Å²) in [6, 6.07) is 5.91. The van der Waals surface area contributed by atoms with E-state index in [9.17, 15) is 0 Å². The van der Waals surface area contributed by atoms with Crippen LogP contribution in [0.15, 0.2) is 29.4 Å². The summed E-state index contributed by atoms with van der Waals surface area (Å²) in [6.45, 7) is 3.93. The van der Waals surface area contributed by atoms with Crippen molar-refractivity contribution in [1.29, 1.82) is 0 Å². The van der Waals surface area contributed by atoms with Crippen molar-refractivity contribution in [3.05, 3.63) is 35.0 Å². The van der Waals surface area contributed by atoms with E-state index < -0.39 is 0 Å². The summed E-state index contributed by atoms with van der Waals surface area (Å²) >= 11 is 6.10. The molecular weight excluding hydrogens is 479 g/mol. The van der Waals surface area contributed by atoms with Crippen molar-refractivity contribution in [2.45, 2.75) is 25.4 Å². The zero-order chi connectivity index (χ0) is 18.2. The second-order valence-corrected chi connectivity index (χ2v) is 6.83. The molecule has 1 unspecified atom stereocenters. The molecule has 0 amide bonds. The minimum absolute atomic E-state index is 0. The molecular formula is C19H28ClIN4O2. The van der Waals surface area contributed by atoms with Crippen LogP contribution in [0.5, 0.6) is 0 Å². The van der Waals surface area contributed by atoms with Crippen molar-refractivity contribution in [1.82, 2.24) is 15.6 Å². The molecule has 1 atom stereocenters. The lowest BCUT2D eigenvalue weighted by molar-refractivity contribution is 0.0420. The number of fused-ring (bicyclic) bond motifs is 1. The Kier molecular flexibility index (Phi) is 9.67. The van der Waals surface area contributed by atoms with Gasteiger partial charge in [-0.1, -0.05) is 11.6 Å². The van der Waals surface area contributed by atoms with Gasteiger partial charge < -0.3 is 25.1 Å². The number of benzene rings is 1. The Morgan fingerprint density at radius 1 is 1.37 bits per heavy atom. The van der Waals surface area contributed by atoms with E-state index in [1.54, 1.807) is 7.05 Å². The van der Waals surface area contributed by atoms with Gasteiger partial charge in [0, 0.05) is 55.5 Å². The van der Waals surface area contributed by atoms with Gasteiger partial charge in [0.1, 0.15) is 0 Å². The summed E-state index contributed by atoms with van der Waals surface area (Å²) in [5.41, 5.74) is 2.36. The molecule has 1 aliphatic rings. The van der Waals surface area contributed by atoms with Crippen LogP contribution in [-0.4, -0.2) is 57.0 Å². The van der Waals surface area contributed by atoms with Gasteiger partial charge in [-0.15, -0.1) is 24.0 Å². The van der Waals surface area contributed by atoms with Gasteiger partial charge in [-0.2, -0.15) is 0 Å². The van der Waals surface area contributed by atoms with E-state index in [1.165, 1.54) is 10.9 Å². The first kappa shape index (κ1) is 22.3. The highest BCUT2D eigenvalue weighted by Crippen LogP contribution is 2.22. The Morgan fingerprint density at radius 2 is 2.22 bits per heavy atom. The summed E-state index contributed by atoms with van der Waals surface area (Å²) in [7, 11) is 1.78. The largest absolute Gasteiger partial charge is 0.379 e. The number of hydrogen-bond donors (Lipinski definition) is 3. The van der Waals surface area contributed by atoms with Crippen LogP contribution in [0.3, 0.4) is 0 Å². The van der Waals surface area contributed by atoms with E-state index in [0.717, 1.165) is 68.7 Å². The zero-order valence-electron chi connectivity index (χ0n) is 15.6. The third-order valence-corrected chi connectivity index (χ3v) is 4.73. The molecule has 1 aliphatic heterocycles. The molecule has 0 saturated carbocycles. The Hall–Kier alpha value is -1.03. The van der Waals surface area contributed by atoms with Gasteiger partial charge in [-0.25, -0.2) is 0 Å². The van der Waals surface area contributed by atoms with Gasteiger partial charge in [-0.3, -0.25) is 4.99 Å². The first-order chi connectivity index (χ1) is 12.8. The highest BCUT2D eigenvalue weighted by molar-refractivity contribution is 14.0. The minimum Gasteiger partial charge on any atom is -0.379 e. The second-order valence-electron chi connectivity index (χ2n) is 6.39. The topological polar surface area (TPSA) is 70.7 Å². The fraction of sp³-hybridized carbons (Fsp3) is 0.526. The number of H-pyrrole nitrogens is 1. The first-order valence-electron chi connectivity index (χ1n) is 9.15. The van der Waals surface area contributed by atoms with Crippen molar-refractivity contribution >= 4 is 52.4 Å². The van der Waals surface area contributed by atoms with Gasteiger partial charge in [-0.05, 0) is 43.0 Å². The number of guanidine groups is 1. The molecule has 8 heteroatoms. The van der Waals surface area contributed by atoms with E-state index in [-0.39, 0.29) is 30.1 Å². The van der Waals surface area contributed by atoms with E-state index in [4.69, 9.17) is 21.1 Å². The van der Waals surface area contributed by atoms with Crippen molar-refractivity contribution in [2.24, 2.45) is 4.99 Å². The Labute approximate surface area is 182 Å². The van der Waals surface area contributed by atoms with E-state index >= 15 is 0 Å². The number of hydrogen-bond acceptors (Lipinski definition) is 3. The average molecular weight is 507 g/mol. The van der Waals surface area contributed by atoms with Gasteiger partial charge in [0.15, 0.2) is 5.96 Å². The molecule has 3 N–H and O–H groups in total. The average Bonchev–Trinajstić information content (AvgIpc) is 3.30. The molecule has 6 nitrogen and oxygen atoms in total. The number of nitrogens with one attached hydrogen (secondary N) is 3. The minimum atomic E-state index is 0. The second kappa shape index (κ2) is 11.7. The lowest BCUT2D eigenvalue weighted by atomic mass is 10.1. The molecule has 0 aliphatic carbocycles. The molecule has 1 aromatic heterocycles. The number of ether oxygens (including phenoxy) is 2. The summed E-state index contributed by atoms with van der Waals surface area (Å²) in [5, 5.41) is 8.61. The van der Waals surface area contributed by atoms with Crippen LogP contribution in [0.4, 0.5) is 0 Å². The van der Waals surface area contributed by atoms with Gasteiger partial charge in [0.25, 0.3) is 0 Å². The smallest absolute Gasteiger partial charge is 0.190 e. The molecule has 3 rings (SSSR count). The van der Waals surface area contributed by atoms with Gasteiger partial charge in [0.2, 0.25) is 0 Å². The predicted octanol–water partition coefficient (Wildman–Crippen LogP) is 3.34. The summed E-state index contributed by atoms with van der Waals surface area (Å²) in [4.78, 5) is 7.55. The fourth-order valence-corrected chi connectivity index (χ4v) is 3.24. The highest BCUT2D eigenvalue weighted by Gasteiger charge is 2.15. The Morgan fingerprint density at radius 3 is 3.00 bits per heavy atom. The van der Waals surface area contributed by atoms with Crippen LogP contribution in [0.25, 0.3) is 10.9 Å². The maximum Gasteiger partial charge on any atom is 0.190 e. The monoisotopic (exact) mass is 506 g/mol. The normalized spacial score (nSPS) is 17.1. The SMILES string of the molecule is CN=C(NCCCOC1CCOC1)NCCc1c[nH]c2ccc(Cl)cc12.I. The quantitative estimate of drug-likeness (QED) is 0.222.